The van der Waals surface area contributed by atoms with Gasteiger partial charge < -0.3 is 4.74 Å². The van der Waals surface area contributed by atoms with E-state index in [-0.39, 0.29) is 0 Å². The topological polar surface area (TPSA) is 9.23 Å². The fourth-order valence-electron chi connectivity index (χ4n) is 2.49. The molecule has 0 radical (unpaired) electrons. The van der Waals surface area contributed by atoms with Crippen LogP contribution in [0.3, 0.4) is 0 Å². The number of ether oxygens (including phenoxy) is 1. The summed E-state index contributed by atoms with van der Waals surface area (Å²) in [5.74, 6) is 2.54. The van der Waals surface area contributed by atoms with Crippen molar-refractivity contribution < 1.29 is 4.74 Å². The van der Waals surface area contributed by atoms with Crippen LogP contribution in [0.2, 0.25) is 5.02 Å². The molecule has 0 spiro atoms. The van der Waals surface area contributed by atoms with Crippen LogP contribution in [-0.4, -0.2) is 6.10 Å². The normalized spacial score (nSPS) is 29.1. The van der Waals surface area contributed by atoms with Crippen LogP contribution in [0.4, 0.5) is 0 Å². The summed E-state index contributed by atoms with van der Waals surface area (Å²) < 4.78 is 6.10. The van der Waals surface area contributed by atoms with E-state index in [1.54, 1.807) is 0 Å². The van der Waals surface area contributed by atoms with Gasteiger partial charge in [-0.1, -0.05) is 31.5 Å². The van der Waals surface area contributed by atoms with Crippen molar-refractivity contribution in [2.45, 2.75) is 46.1 Å². The highest BCUT2D eigenvalue weighted by atomic mass is 35.5. The molecule has 0 heterocycles. The highest BCUT2D eigenvalue weighted by Crippen LogP contribution is 2.33. The Labute approximate surface area is 109 Å². The minimum absolute atomic E-state index is 0.360. The maximum absolute atomic E-state index is 6.10. The molecule has 1 aliphatic carbocycles. The van der Waals surface area contributed by atoms with Gasteiger partial charge in [0.05, 0.1) is 6.10 Å². The fourth-order valence-corrected chi connectivity index (χ4v) is 2.65. The molecule has 94 valence electrons. The van der Waals surface area contributed by atoms with Gasteiger partial charge in [0.15, 0.2) is 0 Å². The van der Waals surface area contributed by atoms with Gasteiger partial charge in [-0.15, -0.1) is 0 Å². The third-order valence-corrected chi connectivity index (χ3v) is 4.23. The van der Waals surface area contributed by atoms with E-state index < -0.39 is 0 Å². The maximum atomic E-state index is 6.10. The molecule has 17 heavy (non-hydrogen) atoms. The summed E-state index contributed by atoms with van der Waals surface area (Å²) in [6.07, 6.45) is 3.95. The van der Waals surface area contributed by atoms with Crippen LogP contribution >= 0.6 is 11.6 Å². The zero-order chi connectivity index (χ0) is 12.4. The van der Waals surface area contributed by atoms with Crippen LogP contribution in [-0.2, 0) is 0 Å². The largest absolute Gasteiger partial charge is 0.490 e. The maximum Gasteiger partial charge on any atom is 0.124 e. The number of rotatable bonds is 2. The predicted octanol–water partition coefficient (Wildman–Crippen LogP) is 4.85. The molecule has 0 aromatic heterocycles. The van der Waals surface area contributed by atoms with E-state index in [0.29, 0.717) is 6.10 Å². The molecule has 0 amide bonds. The van der Waals surface area contributed by atoms with Crippen molar-refractivity contribution in [3.05, 3.63) is 28.8 Å². The molecule has 1 saturated carbocycles. The summed E-state index contributed by atoms with van der Waals surface area (Å²) in [4.78, 5) is 0. The minimum Gasteiger partial charge on any atom is -0.490 e. The van der Waals surface area contributed by atoms with E-state index in [9.17, 15) is 0 Å². The quantitative estimate of drug-likeness (QED) is 0.731. The van der Waals surface area contributed by atoms with Gasteiger partial charge in [-0.05, 0) is 55.7 Å². The Bertz CT molecular complexity index is 389. The van der Waals surface area contributed by atoms with Gasteiger partial charge in [0.2, 0.25) is 0 Å². The molecule has 1 nitrogen and oxygen atoms in total. The SMILES string of the molecule is Cc1ccc(Cl)cc1OC1CCC(C)C(C)C1. The highest BCUT2D eigenvalue weighted by molar-refractivity contribution is 6.30. The zero-order valence-corrected chi connectivity index (χ0v) is 11.6. The van der Waals surface area contributed by atoms with Gasteiger partial charge in [0, 0.05) is 5.02 Å². The predicted molar refractivity (Wildman–Crippen MR) is 72.8 cm³/mol. The van der Waals surface area contributed by atoms with Crippen LogP contribution in [0.5, 0.6) is 5.75 Å². The van der Waals surface area contributed by atoms with Gasteiger partial charge in [-0.3, -0.25) is 0 Å². The van der Waals surface area contributed by atoms with Crippen molar-refractivity contribution in [3.63, 3.8) is 0 Å². The fraction of sp³-hybridized carbons (Fsp3) is 0.600. The molecule has 3 unspecified atom stereocenters. The summed E-state index contributed by atoms with van der Waals surface area (Å²) in [6.45, 7) is 6.73. The molecule has 1 aromatic rings. The lowest BCUT2D eigenvalue weighted by molar-refractivity contribution is 0.1000. The summed E-state index contributed by atoms with van der Waals surface area (Å²) in [7, 11) is 0. The summed E-state index contributed by atoms with van der Waals surface area (Å²) in [5.41, 5.74) is 1.17. The second kappa shape index (κ2) is 5.30. The Morgan fingerprint density at radius 1 is 1.18 bits per heavy atom. The van der Waals surface area contributed by atoms with E-state index in [2.05, 4.69) is 20.8 Å². The van der Waals surface area contributed by atoms with Gasteiger partial charge in [-0.25, -0.2) is 0 Å². The first-order valence-corrected chi connectivity index (χ1v) is 6.87. The number of aryl methyl sites for hydroxylation is 1. The van der Waals surface area contributed by atoms with E-state index >= 15 is 0 Å². The van der Waals surface area contributed by atoms with E-state index in [1.807, 2.05) is 18.2 Å². The van der Waals surface area contributed by atoms with Crippen LogP contribution < -0.4 is 4.74 Å². The van der Waals surface area contributed by atoms with Crippen molar-refractivity contribution in [2.75, 3.05) is 0 Å². The molecule has 1 fully saturated rings. The average molecular weight is 253 g/mol. The van der Waals surface area contributed by atoms with Crippen molar-refractivity contribution in [2.24, 2.45) is 11.8 Å². The number of halogens is 1. The van der Waals surface area contributed by atoms with Crippen LogP contribution in [0, 0.1) is 18.8 Å². The van der Waals surface area contributed by atoms with Crippen molar-refractivity contribution >= 4 is 11.6 Å². The first-order chi connectivity index (χ1) is 8.06. The van der Waals surface area contributed by atoms with E-state index in [4.69, 9.17) is 16.3 Å². The third kappa shape index (κ3) is 3.16. The summed E-state index contributed by atoms with van der Waals surface area (Å²) in [5, 5.41) is 0.753. The summed E-state index contributed by atoms with van der Waals surface area (Å²) >= 11 is 6.01. The van der Waals surface area contributed by atoms with Crippen molar-refractivity contribution in [1.29, 1.82) is 0 Å². The van der Waals surface area contributed by atoms with Gasteiger partial charge >= 0.3 is 0 Å². The Hall–Kier alpha value is -0.690. The third-order valence-electron chi connectivity index (χ3n) is 3.99. The molecular weight excluding hydrogens is 232 g/mol. The lowest BCUT2D eigenvalue weighted by Crippen LogP contribution is -2.28. The smallest absolute Gasteiger partial charge is 0.124 e. The molecule has 3 atom stereocenters. The molecule has 0 N–H and O–H groups in total. The highest BCUT2D eigenvalue weighted by Gasteiger charge is 2.25. The second-order valence-electron chi connectivity index (χ2n) is 5.42. The van der Waals surface area contributed by atoms with Gasteiger partial charge in [0.25, 0.3) is 0 Å². The monoisotopic (exact) mass is 252 g/mol. The molecule has 2 rings (SSSR count). The van der Waals surface area contributed by atoms with Gasteiger partial charge in [0.1, 0.15) is 5.75 Å². The number of hydrogen-bond acceptors (Lipinski definition) is 1. The first-order valence-electron chi connectivity index (χ1n) is 6.49. The lowest BCUT2D eigenvalue weighted by atomic mass is 9.80. The molecule has 0 saturated heterocycles. The zero-order valence-electron chi connectivity index (χ0n) is 10.9. The van der Waals surface area contributed by atoms with Crippen LogP contribution in [0.1, 0.15) is 38.7 Å². The Morgan fingerprint density at radius 3 is 2.65 bits per heavy atom. The van der Waals surface area contributed by atoms with E-state index in [1.165, 1.54) is 12.0 Å². The van der Waals surface area contributed by atoms with Crippen molar-refractivity contribution in [3.8, 4) is 5.75 Å². The van der Waals surface area contributed by atoms with Crippen LogP contribution in [0.15, 0.2) is 18.2 Å². The molecule has 0 bridgehead atoms. The lowest BCUT2D eigenvalue weighted by Gasteiger charge is -2.32. The van der Waals surface area contributed by atoms with Crippen molar-refractivity contribution in [1.82, 2.24) is 0 Å². The molecule has 2 heteroatoms. The Kier molecular flexibility index (Phi) is 3.98. The Balaban J connectivity index is 2.03. The molecule has 0 aliphatic heterocycles. The minimum atomic E-state index is 0.360. The average Bonchev–Trinajstić information content (AvgIpc) is 2.29. The number of hydrogen-bond donors (Lipinski definition) is 0. The Morgan fingerprint density at radius 2 is 1.94 bits per heavy atom. The number of benzene rings is 1. The standard InChI is InChI=1S/C15H21ClO/c1-10-5-7-14(8-12(10)3)17-15-9-13(16)6-4-11(15)2/h4,6,9-10,12,14H,5,7-8H2,1-3H3. The van der Waals surface area contributed by atoms with E-state index in [0.717, 1.165) is 35.4 Å². The van der Waals surface area contributed by atoms with Crippen LogP contribution in [0.25, 0.3) is 0 Å². The molecule has 1 aliphatic rings. The first kappa shape index (κ1) is 12.8. The molecule has 1 aromatic carbocycles. The second-order valence-corrected chi connectivity index (χ2v) is 5.85. The summed E-state index contributed by atoms with van der Waals surface area (Å²) in [6, 6.07) is 5.86. The molecular formula is C15H21ClO. The van der Waals surface area contributed by atoms with Gasteiger partial charge in [-0.2, -0.15) is 0 Å².